The summed E-state index contributed by atoms with van der Waals surface area (Å²) in [5.74, 6) is 0. The molecule has 0 aromatic heterocycles. The molecule has 2 atom stereocenters. The second-order valence-corrected chi connectivity index (χ2v) is 6.69. The van der Waals surface area contributed by atoms with E-state index in [-0.39, 0.29) is 5.66 Å². The van der Waals surface area contributed by atoms with Crippen LogP contribution in [0.5, 0.6) is 0 Å². The summed E-state index contributed by atoms with van der Waals surface area (Å²) in [6.45, 7) is 10.0. The highest BCUT2D eigenvalue weighted by Gasteiger charge is 2.38. The normalized spacial score (nSPS) is 23.6. The van der Waals surface area contributed by atoms with E-state index in [9.17, 15) is 4.57 Å². The van der Waals surface area contributed by atoms with Gasteiger partial charge in [-0.05, 0) is 20.3 Å². The molecule has 0 heterocycles. The minimum Gasteiger partial charge on any atom is -0.317 e. The number of allylic oxidation sites excluding steroid dienone is 4. The van der Waals surface area contributed by atoms with E-state index >= 15 is 0 Å². The topological polar surface area (TPSA) is 29.5 Å². The molecule has 98 valence electrons. The van der Waals surface area contributed by atoms with E-state index in [2.05, 4.69) is 12.2 Å². The van der Waals surface area contributed by atoms with Crippen molar-refractivity contribution in [2.75, 3.05) is 19.7 Å². The van der Waals surface area contributed by atoms with Crippen molar-refractivity contribution in [2.45, 2.75) is 39.8 Å². The predicted octanol–water partition coefficient (Wildman–Crippen LogP) is 3.83. The molecule has 0 aromatic rings. The number of hydrogen-bond acceptors (Lipinski definition) is 2. The molecular formula is C13H24NO2P. The minimum atomic E-state index is -2.78. The van der Waals surface area contributed by atoms with E-state index in [0.717, 1.165) is 25.1 Å². The van der Waals surface area contributed by atoms with Crippen molar-refractivity contribution >= 4 is 7.52 Å². The van der Waals surface area contributed by atoms with Gasteiger partial charge in [0, 0.05) is 13.1 Å². The maximum Gasteiger partial charge on any atom is 0.283 e. The molecule has 0 saturated heterocycles. The number of nitrogens with zero attached hydrogens (tertiary/aromatic N) is 1. The molecule has 3 nitrogen and oxygen atoms in total. The van der Waals surface area contributed by atoms with Gasteiger partial charge in [-0.1, -0.05) is 37.6 Å². The van der Waals surface area contributed by atoms with E-state index in [0.29, 0.717) is 6.61 Å². The first-order chi connectivity index (χ1) is 8.10. The molecule has 0 bridgehead atoms. The first kappa shape index (κ1) is 14.7. The summed E-state index contributed by atoms with van der Waals surface area (Å²) in [6.07, 6.45) is 7.20. The summed E-state index contributed by atoms with van der Waals surface area (Å²) in [4.78, 5) is 0. The lowest BCUT2D eigenvalue weighted by molar-refractivity contribution is 0.275. The maximum atomic E-state index is 13.2. The Morgan fingerprint density at radius 2 is 2.06 bits per heavy atom. The first-order valence-corrected chi connectivity index (χ1v) is 8.07. The minimum absolute atomic E-state index is 0.0731. The van der Waals surface area contributed by atoms with Crippen LogP contribution in [-0.2, 0) is 9.09 Å². The zero-order valence-corrected chi connectivity index (χ0v) is 12.2. The Kier molecular flexibility index (Phi) is 5.64. The van der Waals surface area contributed by atoms with Crippen molar-refractivity contribution in [3.05, 3.63) is 23.8 Å². The molecule has 1 rings (SSSR count). The fourth-order valence-electron chi connectivity index (χ4n) is 2.24. The van der Waals surface area contributed by atoms with Gasteiger partial charge in [0.05, 0.1) is 12.3 Å². The van der Waals surface area contributed by atoms with Crippen LogP contribution in [0.3, 0.4) is 0 Å². The standard InChI is InChI=1S/C13H24NO2P/c1-5-14(6-2)17(15,16-7-3)13-11-9-8-10-12(13)4/h9-11,13H,5-8H2,1-4H3. The zero-order chi connectivity index (χ0) is 12.9. The van der Waals surface area contributed by atoms with Gasteiger partial charge in [-0.2, -0.15) is 0 Å². The van der Waals surface area contributed by atoms with Gasteiger partial charge in [0.15, 0.2) is 0 Å². The monoisotopic (exact) mass is 257 g/mol. The summed E-state index contributed by atoms with van der Waals surface area (Å²) in [5, 5.41) is 0. The van der Waals surface area contributed by atoms with Gasteiger partial charge in [0.1, 0.15) is 0 Å². The van der Waals surface area contributed by atoms with Crippen molar-refractivity contribution in [3.63, 3.8) is 0 Å². The summed E-state index contributed by atoms with van der Waals surface area (Å²) < 4.78 is 20.8. The van der Waals surface area contributed by atoms with Gasteiger partial charge < -0.3 is 4.52 Å². The summed E-state index contributed by atoms with van der Waals surface area (Å²) >= 11 is 0. The number of rotatable bonds is 6. The Labute approximate surface area is 105 Å². The van der Waals surface area contributed by atoms with Gasteiger partial charge in [-0.25, -0.2) is 4.67 Å². The second kappa shape index (κ2) is 6.53. The molecule has 17 heavy (non-hydrogen) atoms. The van der Waals surface area contributed by atoms with Crippen molar-refractivity contribution in [1.82, 2.24) is 4.67 Å². The van der Waals surface area contributed by atoms with Gasteiger partial charge in [-0.3, -0.25) is 4.57 Å². The lowest BCUT2D eigenvalue weighted by Gasteiger charge is -2.35. The summed E-state index contributed by atoms with van der Waals surface area (Å²) in [7, 11) is -2.78. The van der Waals surface area contributed by atoms with Crippen molar-refractivity contribution < 1.29 is 9.09 Å². The Morgan fingerprint density at radius 1 is 1.41 bits per heavy atom. The SMILES string of the molecule is CCOP(=O)(C1C=CCC=C1C)N(CC)CC. The third kappa shape index (κ3) is 3.09. The van der Waals surface area contributed by atoms with Crippen LogP contribution in [0.1, 0.15) is 34.1 Å². The van der Waals surface area contributed by atoms with Crippen LogP contribution < -0.4 is 0 Å². The Morgan fingerprint density at radius 3 is 2.53 bits per heavy atom. The highest BCUT2D eigenvalue weighted by Crippen LogP contribution is 2.58. The molecule has 1 aliphatic rings. The van der Waals surface area contributed by atoms with Gasteiger partial charge in [0.25, 0.3) is 7.52 Å². The zero-order valence-electron chi connectivity index (χ0n) is 11.3. The smallest absolute Gasteiger partial charge is 0.283 e. The molecule has 0 aromatic carbocycles. The molecule has 4 heteroatoms. The van der Waals surface area contributed by atoms with Crippen LogP contribution in [-0.4, -0.2) is 30.0 Å². The fourth-order valence-corrected chi connectivity index (χ4v) is 5.03. The third-order valence-electron chi connectivity index (χ3n) is 3.15. The summed E-state index contributed by atoms with van der Waals surface area (Å²) in [5.41, 5.74) is 1.09. The van der Waals surface area contributed by atoms with Crippen LogP contribution in [0.2, 0.25) is 0 Å². The molecule has 0 aliphatic heterocycles. The van der Waals surface area contributed by atoms with Crippen LogP contribution in [0.15, 0.2) is 23.8 Å². The van der Waals surface area contributed by atoms with Gasteiger partial charge in [0.2, 0.25) is 0 Å². The third-order valence-corrected chi connectivity index (χ3v) is 6.42. The lowest BCUT2D eigenvalue weighted by atomic mass is 10.1. The number of hydrogen-bond donors (Lipinski definition) is 0. The largest absolute Gasteiger partial charge is 0.317 e. The molecule has 0 N–H and O–H groups in total. The molecule has 0 amide bonds. The van der Waals surface area contributed by atoms with Crippen LogP contribution in [0, 0.1) is 0 Å². The van der Waals surface area contributed by atoms with E-state index in [1.165, 1.54) is 0 Å². The Balaban J connectivity index is 3.06. The van der Waals surface area contributed by atoms with Crippen molar-refractivity contribution in [2.24, 2.45) is 0 Å². The molecule has 0 saturated carbocycles. The quantitative estimate of drug-likeness (QED) is 0.535. The van der Waals surface area contributed by atoms with Crippen molar-refractivity contribution in [1.29, 1.82) is 0 Å². The van der Waals surface area contributed by atoms with E-state index < -0.39 is 7.52 Å². The molecule has 1 aliphatic carbocycles. The van der Waals surface area contributed by atoms with E-state index in [1.54, 1.807) is 0 Å². The highest BCUT2D eigenvalue weighted by atomic mass is 31.2. The fraction of sp³-hybridized carbons (Fsp3) is 0.692. The maximum absolute atomic E-state index is 13.2. The average molecular weight is 257 g/mol. The average Bonchev–Trinajstić information content (AvgIpc) is 2.31. The highest BCUT2D eigenvalue weighted by molar-refractivity contribution is 7.57. The first-order valence-electron chi connectivity index (χ1n) is 6.43. The van der Waals surface area contributed by atoms with E-state index in [4.69, 9.17) is 4.52 Å². The van der Waals surface area contributed by atoms with Crippen LogP contribution >= 0.6 is 7.52 Å². The Bertz CT molecular complexity index is 345. The predicted molar refractivity (Wildman–Crippen MR) is 73.5 cm³/mol. The molecule has 0 spiro atoms. The second-order valence-electron chi connectivity index (χ2n) is 4.18. The summed E-state index contributed by atoms with van der Waals surface area (Å²) in [6, 6.07) is 0. The van der Waals surface area contributed by atoms with Crippen molar-refractivity contribution in [3.8, 4) is 0 Å². The lowest BCUT2D eigenvalue weighted by Crippen LogP contribution is -2.28. The van der Waals surface area contributed by atoms with Crippen LogP contribution in [0.4, 0.5) is 0 Å². The van der Waals surface area contributed by atoms with Gasteiger partial charge >= 0.3 is 0 Å². The van der Waals surface area contributed by atoms with E-state index in [1.807, 2.05) is 38.4 Å². The molecule has 2 unspecified atom stereocenters. The Hall–Kier alpha value is -0.370. The molecule has 0 radical (unpaired) electrons. The molecule has 0 fully saturated rings. The van der Waals surface area contributed by atoms with Gasteiger partial charge in [-0.15, -0.1) is 0 Å². The van der Waals surface area contributed by atoms with Crippen LogP contribution in [0.25, 0.3) is 0 Å². The molecular weight excluding hydrogens is 233 g/mol.